The summed E-state index contributed by atoms with van der Waals surface area (Å²) in [5, 5.41) is 0.0153. The predicted octanol–water partition coefficient (Wildman–Crippen LogP) is 3.16. The highest BCUT2D eigenvalue weighted by molar-refractivity contribution is 6.30. The van der Waals surface area contributed by atoms with Crippen molar-refractivity contribution < 1.29 is 13.9 Å². The zero-order valence-electron chi connectivity index (χ0n) is 9.90. The van der Waals surface area contributed by atoms with Gasteiger partial charge in [0.1, 0.15) is 18.2 Å². The van der Waals surface area contributed by atoms with E-state index in [1.165, 1.54) is 18.2 Å². The Hall–Kier alpha value is -2.07. The average Bonchev–Trinajstić information content (AvgIpc) is 2.40. The number of primary amides is 1. The molecule has 98 valence electrons. The van der Waals surface area contributed by atoms with Gasteiger partial charge in [0, 0.05) is 11.6 Å². The van der Waals surface area contributed by atoms with Crippen LogP contribution in [0.5, 0.6) is 5.75 Å². The Bertz CT molecular complexity index is 599. The van der Waals surface area contributed by atoms with Crippen molar-refractivity contribution >= 4 is 17.5 Å². The van der Waals surface area contributed by atoms with Crippen LogP contribution in [-0.2, 0) is 6.61 Å². The van der Waals surface area contributed by atoms with Crippen LogP contribution in [-0.4, -0.2) is 5.91 Å². The topological polar surface area (TPSA) is 52.3 Å². The van der Waals surface area contributed by atoms with E-state index in [-0.39, 0.29) is 5.02 Å². The summed E-state index contributed by atoms with van der Waals surface area (Å²) in [5.41, 5.74) is 6.44. The molecule has 0 aliphatic rings. The highest BCUT2D eigenvalue weighted by Crippen LogP contribution is 2.21. The maximum atomic E-state index is 13.0. The van der Waals surface area contributed by atoms with Gasteiger partial charge < -0.3 is 10.5 Å². The maximum absolute atomic E-state index is 13.0. The number of ether oxygens (including phenoxy) is 1. The number of rotatable bonds is 4. The lowest BCUT2D eigenvalue weighted by atomic mass is 10.1. The molecule has 3 nitrogen and oxygen atoms in total. The van der Waals surface area contributed by atoms with E-state index < -0.39 is 11.7 Å². The molecule has 0 heterocycles. The number of carbonyl (C=O) groups is 1. The Kier molecular flexibility index (Phi) is 4.02. The van der Waals surface area contributed by atoms with E-state index in [9.17, 15) is 9.18 Å². The molecule has 2 rings (SSSR count). The van der Waals surface area contributed by atoms with Gasteiger partial charge in [0.2, 0.25) is 5.91 Å². The Labute approximate surface area is 114 Å². The molecule has 5 heteroatoms. The number of amides is 1. The van der Waals surface area contributed by atoms with Crippen molar-refractivity contribution in [2.75, 3.05) is 0 Å². The van der Waals surface area contributed by atoms with Gasteiger partial charge in [-0.1, -0.05) is 23.7 Å². The van der Waals surface area contributed by atoms with Crippen molar-refractivity contribution in [3.05, 3.63) is 64.4 Å². The summed E-state index contributed by atoms with van der Waals surface area (Å²) in [6.07, 6.45) is 0. The highest BCUT2D eigenvalue weighted by atomic mass is 35.5. The quantitative estimate of drug-likeness (QED) is 0.935. The molecular weight excluding hydrogens is 269 g/mol. The molecule has 1 amide bonds. The number of carbonyl (C=O) groups excluding carboxylic acids is 1. The van der Waals surface area contributed by atoms with Crippen LogP contribution < -0.4 is 10.5 Å². The van der Waals surface area contributed by atoms with Crippen LogP contribution in [0.4, 0.5) is 4.39 Å². The number of hydrogen-bond acceptors (Lipinski definition) is 2. The Morgan fingerprint density at radius 2 is 1.89 bits per heavy atom. The molecular formula is C14H11ClFNO2. The summed E-state index contributed by atoms with van der Waals surface area (Å²) in [6, 6.07) is 10.9. The van der Waals surface area contributed by atoms with E-state index in [1.54, 1.807) is 24.3 Å². The van der Waals surface area contributed by atoms with Gasteiger partial charge in [0.25, 0.3) is 0 Å². The molecule has 2 N–H and O–H groups in total. The first-order chi connectivity index (χ1) is 9.06. The van der Waals surface area contributed by atoms with Gasteiger partial charge in [-0.15, -0.1) is 0 Å². The second kappa shape index (κ2) is 5.71. The van der Waals surface area contributed by atoms with E-state index in [0.29, 0.717) is 17.9 Å². The van der Waals surface area contributed by atoms with Gasteiger partial charge in [-0.05, 0) is 29.8 Å². The lowest BCUT2D eigenvalue weighted by Gasteiger charge is -2.07. The molecule has 19 heavy (non-hydrogen) atoms. The molecule has 0 saturated carbocycles. The van der Waals surface area contributed by atoms with E-state index >= 15 is 0 Å². The predicted molar refractivity (Wildman–Crippen MR) is 70.7 cm³/mol. The number of benzene rings is 2. The zero-order valence-corrected chi connectivity index (χ0v) is 10.7. The van der Waals surface area contributed by atoms with Crippen molar-refractivity contribution in [2.24, 2.45) is 5.73 Å². The molecule has 0 aliphatic heterocycles. The standard InChI is InChI=1S/C14H11ClFNO2/c15-12-7-11(5-6-13(12)16)19-8-9-1-3-10(4-2-9)14(17)18/h1-7H,8H2,(H2,17,18). The van der Waals surface area contributed by atoms with Crippen LogP contribution in [0.3, 0.4) is 0 Å². The minimum atomic E-state index is -0.486. The maximum Gasteiger partial charge on any atom is 0.248 e. The van der Waals surface area contributed by atoms with Gasteiger partial charge in [-0.25, -0.2) is 4.39 Å². The van der Waals surface area contributed by atoms with Crippen LogP contribution in [0.15, 0.2) is 42.5 Å². The second-order valence-electron chi connectivity index (χ2n) is 3.93. The zero-order chi connectivity index (χ0) is 13.8. The van der Waals surface area contributed by atoms with E-state index in [2.05, 4.69) is 0 Å². The molecule has 0 spiro atoms. The van der Waals surface area contributed by atoms with E-state index in [1.807, 2.05) is 0 Å². The summed E-state index contributed by atoms with van der Waals surface area (Å²) >= 11 is 5.64. The van der Waals surface area contributed by atoms with Crippen molar-refractivity contribution in [3.8, 4) is 5.75 Å². The SMILES string of the molecule is NC(=O)c1ccc(COc2ccc(F)c(Cl)c2)cc1. The van der Waals surface area contributed by atoms with Crippen molar-refractivity contribution in [2.45, 2.75) is 6.61 Å². The van der Waals surface area contributed by atoms with Gasteiger partial charge in [-0.2, -0.15) is 0 Å². The third-order valence-electron chi connectivity index (χ3n) is 2.54. The van der Waals surface area contributed by atoms with Crippen molar-refractivity contribution in [1.82, 2.24) is 0 Å². The minimum Gasteiger partial charge on any atom is -0.489 e. The summed E-state index contributed by atoms with van der Waals surface area (Å²) < 4.78 is 18.4. The number of hydrogen-bond donors (Lipinski definition) is 1. The van der Waals surface area contributed by atoms with Crippen LogP contribution >= 0.6 is 11.6 Å². The monoisotopic (exact) mass is 279 g/mol. The summed E-state index contributed by atoms with van der Waals surface area (Å²) in [5.74, 6) is -0.483. The molecule has 0 radical (unpaired) electrons. The van der Waals surface area contributed by atoms with E-state index in [4.69, 9.17) is 22.1 Å². The molecule has 0 saturated heterocycles. The lowest BCUT2D eigenvalue weighted by Crippen LogP contribution is -2.10. The molecule has 2 aromatic carbocycles. The highest BCUT2D eigenvalue weighted by Gasteiger charge is 2.03. The largest absolute Gasteiger partial charge is 0.489 e. The average molecular weight is 280 g/mol. The molecule has 0 aliphatic carbocycles. The Balaban J connectivity index is 2.01. The van der Waals surface area contributed by atoms with Crippen molar-refractivity contribution in [1.29, 1.82) is 0 Å². The fourth-order valence-corrected chi connectivity index (χ4v) is 1.67. The van der Waals surface area contributed by atoms with Crippen LogP contribution in [0.1, 0.15) is 15.9 Å². The van der Waals surface area contributed by atoms with Gasteiger partial charge in [0.05, 0.1) is 5.02 Å². The lowest BCUT2D eigenvalue weighted by molar-refractivity contribution is 0.1000. The molecule has 2 aromatic rings. The minimum absolute atomic E-state index is 0.0153. The van der Waals surface area contributed by atoms with E-state index in [0.717, 1.165) is 5.56 Å². The molecule has 0 atom stereocenters. The summed E-state index contributed by atoms with van der Waals surface area (Å²) in [7, 11) is 0. The molecule has 0 fully saturated rings. The van der Waals surface area contributed by atoms with Gasteiger partial charge in [-0.3, -0.25) is 4.79 Å². The fourth-order valence-electron chi connectivity index (χ4n) is 1.50. The number of nitrogens with two attached hydrogens (primary N) is 1. The van der Waals surface area contributed by atoms with Crippen molar-refractivity contribution in [3.63, 3.8) is 0 Å². The van der Waals surface area contributed by atoms with Crippen LogP contribution in [0, 0.1) is 5.82 Å². The normalized spacial score (nSPS) is 10.2. The third kappa shape index (κ3) is 3.45. The molecule has 0 unspecified atom stereocenters. The number of halogens is 2. The molecule has 0 bridgehead atoms. The fraction of sp³-hybridized carbons (Fsp3) is 0.0714. The first-order valence-corrected chi connectivity index (χ1v) is 5.90. The first-order valence-electron chi connectivity index (χ1n) is 5.53. The second-order valence-corrected chi connectivity index (χ2v) is 4.33. The summed E-state index contributed by atoms with van der Waals surface area (Å²) in [6.45, 7) is 0.293. The third-order valence-corrected chi connectivity index (χ3v) is 2.82. The van der Waals surface area contributed by atoms with Crippen LogP contribution in [0.25, 0.3) is 0 Å². The first kappa shape index (κ1) is 13.4. The Morgan fingerprint density at radius 1 is 1.21 bits per heavy atom. The van der Waals surface area contributed by atoms with Gasteiger partial charge in [0.15, 0.2) is 0 Å². The van der Waals surface area contributed by atoms with Gasteiger partial charge >= 0.3 is 0 Å². The summed E-state index contributed by atoms with van der Waals surface area (Å²) in [4.78, 5) is 10.9. The Morgan fingerprint density at radius 3 is 2.47 bits per heavy atom. The smallest absolute Gasteiger partial charge is 0.248 e. The molecule has 0 aromatic heterocycles. The van der Waals surface area contributed by atoms with Crippen LogP contribution in [0.2, 0.25) is 5.02 Å².